The van der Waals surface area contributed by atoms with Crippen molar-refractivity contribution in [1.29, 1.82) is 0 Å². The van der Waals surface area contributed by atoms with Gasteiger partial charge in [0, 0.05) is 30.2 Å². The minimum Gasteiger partial charge on any atom is -0.494 e. The lowest BCUT2D eigenvalue weighted by molar-refractivity contribution is 0.220. The molecule has 0 saturated heterocycles. The molecule has 4 nitrogen and oxygen atoms in total. The van der Waals surface area contributed by atoms with E-state index in [2.05, 4.69) is 5.32 Å². The second-order valence-corrected chi connectivity index (χ2v) is 9.33. The highest BCUT2D eigenvalue weighted by Crippen LogP contribution is 2.55. The Morgan fingerprint density at radius 3 is 2.71 bits per heavy atom. The standard InChI is InChI=1S/C20H21Cl2FN2O2S/c1-25(11-13-7-8-17(27-2)15(23)9-13)19(26)24-16-5-3-4-6-18(16)28-12-14-10-20(14,21)22/h3-9,14H,10-12H2,1-2H3,(H,24,26). The fourth-order valence-electron chi connectivity index (χ4n) is 2.70. The van der Waals surface area contributed by atoms with Gasteiger partial charge in [0.1, 0.15) is 4.33 Å². The Balaban J connectivity index is 1.60. The molecule has 0 aliphatic heterocycles. The Morgan fingerprint density at radius 2 is 2.07 bits per heavy atom. The summed E-state index contributed by atoms with van der Waals surface area (Å²) < 4.78 is 18.1. The summed E-state index contributed by atoms with van der Waals surface area (Å²) in [5.41, 5.74) is 1.40. The van der Waals surface area contributed by atoms with Crippen LogP contribution in [0.2, 0.25) is 0 Å². The topological polar surface area (TPSA) is 41.6 Å². The van der Waals surface area contributed by atoms with Crippen LogP contribution in [0.25, 0.3) is 0 Å². The molecule has 1 aliphatic rings. The molecule has 1 saturated carbocycles. The lowest BCUT2D eigenvalue weighted by Crippen LogP contribution is -2.31. The number of nitrogens with one attached hydrogen (secondary N) is 1. The van der Waals surface area contributed by atoms with Gasteiger partial charge in [-0.1, -0.05) is 18.2 Å². The molecule has 2 aromatic rings. The molecule has 8 heteroatoms. The number of halogens is 3. The molecule has 2 amide bonds. The Morgan fingerprint density at radius 1 is 1.36 bits per heavy atom. The predicted octanol–water partition coefficient (Wildman–Crippen LogP) is 5.78. The number of rotatable bonds is 7. The van der Waals surface area contributed by atoms with E-state index in [4.69, 9.17) is 27.9 Å². The predicted molar refractivity (Wildman–Crippen MR) is 113 cm³/mol. The molecule has 0 heterocycles. The molecule has 28 heavy (non-hydrogen) atoms. The van der Waals surface area contributed by atoms with Gasteiger partial charge >= 0.3 is 6.03 Å². The molecule has 1 atom stereocenters. The third-order valence-electron chi connectivity index (χ3n) is 4.51. The first kappa shape index (κ1) is 21.1. The molecule has 1 N–H and O–H groups in total. The summed E-state index contributed by atoms with van der Waals surface area (Å²) in [5, 5.41) is 2.91. The highest BCUT2D eigenvalue weighted by Gasteiger charge is 2.51. The smallest absolute Gasteiger partial charge is 0.321 e. The van der Waals surface area contributed by atoms with Crippen molar-refractivity contribution in [3.8, 4) is 5.75 Å². The maximum absolute atomic E-state index is 13.8. The SMILES string of the molecule is COc1ccc(CN(C)C(=O)Nc2ccccc2SCC2CC2(Cl)Cl)cc1F. The molecule has 1 unspecified atom stereocenters. The minimum atomic E-state index is -0.612. The van der Waals surface area contributed by atoms with Crippen LogP contribution in [0.3, 0.4) is 0 Å². The van der Waals surface area contributed by atoms with Crippen molar-refractivity contribution in [3.63, 3.8) is 0 Å². The number of hydrogen-bond donors (Lipinski definition) is 1. The van der Waals surface area contributed by atoms with Crippen LogP contribution in [0.4, 0.5) is 14.9 Å². The highest BCUT2D eigenvalue weighted by molar-refractivity contribution is 7.99. The van der Waals surface area contributed by atoms with Crippen molar-refractivity contribution in [2.75, 3.05) is 25.2 Å². The van der Waals surface area contributed by atoms with Crippen molar-refractivity contribution in [2.24, 2.45) is 5.92 Å². The van der Waals surface area contributed by atoms with E-state index >= 15 is 0 Å². The van der Waals surface area contributed by atoms with E-state index in [0.717, 1.165) is 22.8 Å². The number of anilines is 1. The number of amides is 2. The van der Waals surface area contributed by atoms with Gasteiger partial charge in [0.15, 0.2) is 11.6 Å². The van der Waals surface area contributed by atoms with Crippen LogP contribution in [0.5, 0.6) is 5.75 Å². The van der Waals surface area contributed by atoms with Gasteiger partial charge < -0.3 is 15.0 Å². The molecule has 0 radical (unpaired) electrons. The van der Waals surface area contributed by atoms with Crippen LogP contribution in [0.1, 0.15) is 12.0 Å². The zero-order valence-electron chi connectivity index (χ0n) is 15.5. The zero-order valence-corrected chi connectivity index (χ0v) is 17.9. The Labute approximate surface area is 178 Å². The van der Waals surface area contributed by atoms with E-state index in [-0.39, 0.29) is 24.2 Å². The summed E-state index contributed by atoms with van der Waals surface area (Å²) in [6.45, 7) is 0.269. The van der Waals surface area contributed by atoms with Crippen LogP contribution in [-0.2, 0) is 6.54 Å². The summed E-state index contributed by atoms with van der Waals surface area (Å²) in [7, 11) is 3.07. The number of para-hydroxylation sites is 1. The van der Waals surface area contributed by atoms with E-state index in [9.17, 15) is 9.18 Å². The monoisotopic (exact) mass is 442 g/mol. The molecule has 0 bridgehead atoms. The van der Waals surface area contributed by atoms with Gasteiger partial charge in [-0.15, -0.1) is 35.0 Å². The zero-order chi connectivity index (χ0) is 20.3. The summed E-state index contributed by atoms with van der Waals surface area (Å²) in [5.74, 6) is 0.777. The Bertz CT molecular complexity index is 866. The first-order valence-corrected chi connectivity index (χ1v) is 10.5. The van der Waals surface area contributed by atoms with Crippen LogP contribution in [-0.4, -0.2) is 35.2 Å². The van der Waals surface area contributed by atoms with Gasteiger partial charge in [0.05, 0.1) is 12.8 Å². The number of nitrogens with zero attached hydrogens (tertiary/aromatic N) is 1. The fourth-order valence-corrected chi connectivity index (χ4v) is 4.64. The first-order chi connectivity index (χ1) is 13.3. The molecule has 3 rings (SSSR count). The summed E-state index contributed by atoms with van der Waals surface area (Å²) in [6.07, 6.45) is 0.790. The number of thioether (sulfide) groups is 1. The number of carbonyl (C=O) groups excluding carboxylic acids is 1. The molecule has 1 fully saturated rings. The van der Waals surface area contributed by atoms with Crippen molar-refractivity contribution >= 4 is 46.7 Å². The number of alkyl halides is 2. The first-order valence-electron chi connectivity index (χ1n) is 8.74. The molecular formula is C20H21Cl2FN2O2S. The average molecular weight is 443 g/mol. The van der Waals surface area contributed by atoms with Crippen molar-refractivity contribution in [2.45, 2.75) is 22.2 Å². The summed E-state index contributed by atoms with van der Waals surface area (Å²) in [6, 6.07) is 12.0. The Hall–Kier alpha value is -1.63. The number of carbonyl (C=O) groups is 1. The van der Waals surface area contributed by atoms with Gasteiger partial charge in [-0.3, -0.25) is 0 Å². The quantitative estimate of drug-likeness (QED) is 0.436. The van der Waals surface area contributed by atoms with E-state index in [0.29, 0.717) is 5.56 Å². The summed E-state index contributed by atoms with van der Waals surface area (Å²) >= 11 is 13.8. The van der Waals surface area contributed by atoms with Gasteiger partial charge in [-0.25, -0.2) is 9.18 Å². The van der Waals surface area contributed by atoms with E-state index in [1.165, 1.54) is 18.1 Å². The molecule has 150 valence electrons. The Kier molecular flexibility index (Phi) is 6.63. The third-order valence-corrected chi connectivity index (χ3v) is 6.67. The lowest BCUT2D eigenvalue weighted by atomic mass is 10.2. The average Bonchev–Trinajstić information content (AvgIpc) is 3.27. The third kappa shape index (κ3) is 5.25. The summed E-state index contributed by atoms with van der Waals surface area (Å²) in [4.78, 5) is 15.0. The van der Waals surface area contributed by atoms with Gasteiger partial charge in [-0.05, 0) is 36.2 Å². The van der Waals surface area contributed by atoms with Gasteiger partial charge in [0.2, 0.25) is 0 Å². The second kappa shape index (κ2) is 8.80. The number of hydrogen-bond acceptors (Lipinski definition) is 3. The van der Waals surface area contributed by atoms with Gasteiger partial charge in [0.25, 0.3) is 0 Å². The van der Waals surface area contributed by atoms with Crippen LogP contribution in [0.15, 0.2) is 47.4 Å². The molecule has 0 aromatic heterocycles. The maximum Gasteiger partial charge on any atom is 0.321 e. The fraction of sp³-hybridized carbons (Fsp3) is 0.350. The molecule has 0 spiro atoms. The normalized spacial score (nSPS) is 17.1. The molecular weight excluding hydrogens is 422 g/mol. The van der Waals surface area contributed by atoms with E-state index in [1.54, 1.807) is 30.9 Å². The molecule has 2 aromatic carbocycles. The van der Waals surface area contributed by atoms with Crippen LogP contribution >= 0.6 is 35.0 Å². The number of ether oxygens (including phenoxy) is 1. The van der Waals surface area contributed by atoms with Crippen LogP contribution < -0.4 is 10.1 Å². The van der Waals surface area contributed by atoms with Crippen molar-refractivity contribution in [1.82, 2.24) is 4.90 Å². The number of urea groups is 1. The van der Waals surface area contributed by atoms with Crippen LogP contribution in [0, 0.1) is 11.7 Å². The molecule has 1 aliphatic carbocycles. The minimum absolute atomic E-state index is 0.176. The number of methoxy groups -OCH3 is 1. The second-order valence-electron chi connectivity index (χ2n) is 6.72. The maximum atomic E-state index is 13.8. The largest absolute Gasteiger partial charge is 0.494 e. The van der Waals surface area contributed by atoms with E-state index in [1.807, 2.05) is 24.3 Å². The van der Waals surface area contributed by atoms with E-state index < -0.39 is 10.2 Å². The number of benzene rings is 2. The van der Waals surface area contributed by atoms with Crippen molar-refractivity contribution in [3.05, 3.63) is 53.8 Å². The van der Waals surface area contributed by atoms with Crippen molar-refractivity contribution < 1.29 is 13.9 Å². The highest BCUT2D eigenvalue weighted by atomic mass is 35.5. The lowest BCUT2D eigenvalue weighted by Gasteiger charge is -2.19. The van der Waals surface area contributed by atoms with Gasteiger partial charge in [-0.2, -0.15) is 0 Å².